The lowest BCUT2D eigenvalue weighted by atomic mass is 10.0. The van der Waals surface area contributed by atoms with Gasteiger partial charge >= 0.3 is 0 Å². The molecule has 1 aromatic carbocycles. The summed E-state index contributed by atoms with van der Waals surface area (Å²) < 4.78 is 5.27. The Labute approximate surface area is 108 Å². The van der Waals surface area contributed by atoms with E-state index in [2.05, 4.69) is 0 Å². The molecule has 0 aromatic heterocycles. The second-order valence-corrected chi connectivity index (χ2v) is 4.12. The minimum absolute atomic E-state index is 0.111. The fourth-order valence-electron chi connectivity index (χ4n) is 1.99. The van der Waals surface area contributed by atoms with E-state index in [1.807, 2.05) is 26.8 Å². The zero-order valence-corrected chi connectivity index (χ0v) is 11.3. The third kappa shape index (κ3) is 2.80. The molecule has 0 fully saturated rings. The van der Waals surface area contributed by atoms with Gasteiger partial charge in [0.25, 0.3) is 5.91 Å². The molecular formula is C14H18N2O2. The predicted molar refractivity (Wildman–Crippen MR) is 69.7 cm³/mol. The normalized spacial score (nSPS) is 9.72. The van der Waals surface area contributed by atoms with E-state index >= 15 is 0 Å². The minimum atomic E-state index is -0.118. The van der Waals surface area contributed by atoms with Crippen LogP contribution in [-0.4, -0.2) is 31.0 Å². The van der Waals surface area contributed by atoms with E-state index in [4.69, 9.17) is 10.00 Å². The lowest BCUT2D eigenvalue weighted by Gasteiger charge is -2.18. The third-order valence-corrected chi connectivity index (χ3v) is 2.84. The summed E-state index contributed by atoms with van der Waals surface area (Å²) in [6.45, 7) is 6.31. The van der Waals surface area contributed by atoms with E-state index in [0.29, 0.717) is 12.1 Å². The zero-order chi connectivity index (χ0) is 13.7. The zero-order valence-electron chi connectivity index (χ0n) is 11.3. The first-order valence-electron chi connectivity index (χ1n) is 5.86. The van der Waals surface area contributed by atoms with Crippen molar-refractivity contribution < 1.29 is 9.53 Å². The molecule has 0 aliphatic carbocycles. The van der Waals surface area contributed by atoms with Crippen molar-refractivity contribution in [3.8, 4) is 11.8 Å². The first-order chi connectivity index (χ1) is 8.54. The Morgan fingerprint density at radius 3 is 2.33 bits per heavy atom. The fraction of sp³-hybridized carbons (Fsp3) is 0.429. The van der Waals surface area contributed by atoms with Crippen LogP contribution in [0.4, 0.5) is 0 Å². The molecule has 0 unspecified atom stereocenters. The molecule has 18 heavy (non-hydrogen) atoms. The SMILES string of the molecule is CCN(CC#N)C(=O)c1cc(C)c(OC)c(C)c1. The Morgan fingerprint density at radius 2 is 1.94 bits per heavy atom. The van der Waals surface area contributed by atoms with Crippen LogP contribution >= 0.6 is 0 Å². The molecule has 0 atom stereocenters. The second kappa shape index (κ2) is 6.06. The van der Waals surface area contributed by atoms with E-state index in [0.717, 1.165) is 16.9 Å². The van der Waals surface area contributed by atoms with Gasteiger partial charge in [0.05, 0.1) is 13.2 Å². The van der Waals surface area contributed by atoms with Gasteiger partial charge in [-0.3, -0.25) is 4.79 Å². The molecule has 0 saturated carbocycles. The summed E-state index contributed by atoms with van der Waals surface area (Å²) in [7, 11) is 1.62. The van der Waals surface area contributed by atoms with Crippen LogP contribution in [0.15, 0.2) is 12.1 Å². The first-order valence-corrected chi connectivity index (χ1v) is 5.86. The van der Waals surface area contributed by atoms with Crippen LogP contribution < -0.4 is 4.74 Å². The summed E-state index contributed by atoms with van der Waals surface area (Å²) >= 11 is 0. The number of amides is 1. The molecule has 4 heteroatoms. The van der Waals surface area contributed by atoms with Gasteiger partial charge in [0, 0.05) is 12.1 Å². The summed E-state index contributed by atoms with van der Waals surface area (Å²) in [5.74, 6) is 0.683. The number of ether oxygens (including phenoxy) is 1. The van der Waals surface area contributed by atoms with Gasteiger partial charge in [0.15, 0.2) is 0 Å². The molecule has 0 bridgehead atoms. The highest BCUT2D eigenvalue weighted by atomic mass is 16.5. The number of hydrogen-bond acceptors (Lipinski definition) is 3. The Morgan fingerprint density at radius 1 is 1.39 bits per heavy atom. The molecular weight excluding hydrogens is 228 g/mol. The molecule has 0 aliphatic heterocycles. The molecule has 1 aromatic rings. The maximum absolute atomic E-state index is 12.2. The Hall–Kier alpha value is -2.02. The molecule has 0 N–H and O–H groups in total. The highest BCUT2D eigenvalue weighted by molar-refractivity contribution is 5.95. The van der Waals surface area contributed by atoms with E-state index in [1.54, 1.807) is 19.2 Å². The van der Waals surface area contributed by atoms with Gasteiger partial charge < -0.3 is 9.64 Å². The maximum atomic E-state index is 12.2. The average molecular weight is 246 g/mol. The van der Waals surface area contributed by atoms with Crippen LogP contribution in [0.3, 0.4) is 0 Å². The highest BCUT2D eigenvalue weighted by Crippen LogP contribution is 2.24. The van der Waals surface area contributed by atoms with E-state index in [9.17, 15) is 4.79 Å². The summed E-state index contributed by atoms with van der Waals surface area (Å²) in [5.41, 5.74) is 2.45. The highest BCUT2D eigenvalue weighted by Gasteiger charge is 2.16. The Bertz CT molecular complexity index is 466. The van der Waals surface area contributed by atoms with Gasteiger partial charge in [-0.15, -0.1) is 0 Å². The molecule has 1 amide bonds. The topological polar surface area (TPSA) is 53.3 Å². The van der Waals surface area contributed by atoms with Gasteiger partial charge in [0.1, 0.15) is 12.3 Å². The van der Waals surface area contributed by atoms with Crippen LogP contribution in [0.2, 0.25) is 0 Å². The number of nitrogens with zero attached hydrogens (tertiary/aromatic N) is 2. The van der Waals surface area contributed by atoms with Crippen molar-refractivity contribution in [3.63, 3.8) is 0 Å². The number of methoxy groups -OCH3 is 1. The van der Waals surface area contributed by atoms with Crippen molar-refractivity contribution in [1.29, 1.82) is 5.26 Å². The van der Waals surface area contributed by atoms with Crippen molar-refractivity contribution in [2.45, 2.75) is 20.8 Å². The molecule has 0 spiro atoms. The Kier molecular flexibility index (Phi) is 4.73. The average Bonchev–Trinajstić information content (AvgIpc) is 2.34. The predicted octanol–water partition coefficient (Wildman–Crippen LogP) is 2.30. The van der Waals surface area contributed by atoms with Crippen LogP contribution in [0.25, 0.3) is 0 Å². The molecule has 4 nitrogen and oxygen atoms in total. The fourth-order valence-corrected chi connectivity index (χ4v) is 1.99. The number of aryl methyl sites for hydroxylation is 2. The number of nitriles is 1. The molecule has 0 heterocycles. The summed E-state index contributed by atoms with van der Waals surface area (Å²) in [6, 6.07) is 5.60. The number of hydrogen-bond donors (Lipinski definition) is 0. The second-order valence-electron chi connectivity index (χ2n) is 4.12. The van der Waals surface area contributed by atoms with E-state index in [-0.39, 0.29) is 12.5 Å². The van der Waals surface area contributed by atoms with Gasteiger partial charge in [-0.2, -0.15) is 5.26 Å². The molecule has 1 rings (SSSR count). The monoisotopic (exact) mass is 246 g/mol. The number of benzene rings is 1. The van der Waals surface area contributed by atoms with E-state index < -0.39 is 0 Å². The van der Waals surface area contributed by atoms with Gasteiger partial charge in [0.2, 0.25) is 0 Å². The maximum Gasteiger partial charge on any atom is 0.254 e. The Balaban J connectivity index is 3.11. The first kappa shape index (κ1) is 14.0. The molecule has 96 valence electrons. The minimum Gasteiger partial charge on any atom is -0.496 e. The third-order valence-electron chi connectivity index (χ3n) is 2.84. The molecule has 0 saturated heterocycles. The van der Waals surface area contributed by atoms with Crippen LogP contribution in [-0.2, 0) is 0 Å². The van der Waals surface area contributed by atoms with Crippen LogP contribution in [0.1, 0.15) is 28.4 Å². The van der Waals surface area contributed by atoms with Gasteiger partial charge in [-0.05, 0) is 44.0 Å². The van der Waals surface area contributed by atoms with Crippen molar-refractivity contribution >= 4 is 5.91 Å². The summed E-state index contributed by atoms with van der Waals surface area (Å²) in [5, 5.41) is 8.69. The van der Waals surface area contributed by atoms with Crippen molar-refractivity contribution in [2.24, 2.45) is 0 Å². The van der Waals surface area contributed by atoms with Crippen molar-refractivity contribution in [3.05, 3.63) is 28.8 Å². The van der Waals surface area contributed by atoms with Crippen molar-refractivity contribution in [1.82, 2.24) is 4.90 Å². The smallest absolute Gasteiger partial charge is 0.254 e. The quantitative estimate of drug-likeness (QED) is 0.766. The number of rotatable bonds is 4. The van der Waals surface area contributed by atoms with Crippen LogP contribution in [0, 0.1) is 25.2 Å². The lowest BCUT2D eigenvalue weighted by Crippen LogP contribution is -2.31. The van der Waals surface area contributed by atoms with Crippen LogP contribution in [0.5, 0.6) is 5.75 Å². The van der Waals surface area contributed by atoms with Gasteiger partial charge in [-0.1, -0.05) is 0 Å². The summed E-state index contributed by atoms with van der Waals surface area (Å²) in [4.78, 5) is 13.7. The standard InChI is InChI=1S/C14H18N2O2/c1-5-16(7-6-15)14(17)12-8-10(2)13(18-4)11(3)9-12/h8-9H,5,7H2,1-4H3. The molecule has 0 radical (unpaired) electrons. The van der Waals surface area contributed by atoms with E-state index in [1.165, 1.54) is 4.90 Å². The van der Waals surface area contributed by atoms with Gasteiger partial charge in [-0.25, -0.2) is 0 Å². The number of carbonyl (C=O) groups is 1. The number of carbonyl (C=O) groups excluding carboxylic acids is 1. The summed E-state index contributed by atoms with van der Waals surface area (Å²) in [6.07, 6.45) is 0. The van der Waals surface area contributed by atoms with Crippen molar-refractivity contribution in [2.75, 3.05) is 20.2 Å². The molecule has 0 aliphatic rings. The largest absolute Gasteiger partial charge is 0.496 e. The lowest BCUT2D eigenvalue weighted by molar-refractivity contribution is 0.0784.